The summed E-state index contributed by atoms with van der Waals surface area (Å²) in [5.41, 5.74) is 2.65. The van der Waals surface area contributed by atoms with Gasteiger partial charge in [-0.05, 0) is 31.1 Å². The molecule has 0 aromatic carbocycles. The van der Waals surface area contributed by atoms with E-state index < -0.39 is 0 Å². The summed E-state index contributed by atoms with van der Waals surface area (Å²) in [6.45, 7) is 0. The number of pyridine rings is 1. The number of fused-ring (bicyclic) bond motifs is 2. The Morgan fingerprint density at radius 2 is 2.21 bits per heavy atom. The quantitative estimate of drug-likeness (QED) is 0.624. The molecule has 1 aliphatic rings. The predicted molar refractivity (Wildman–Crippen MR) is 94.1 cm³/mol. The minimum absolute atomic E-state index is 0.154. The lowest BCUT2D eigenvalue weighted by Crippen LogP contribution is -2.09. The van der Waals surface area contributed by atoms with Crippen LogP contribution in [-0.2, 0) is 0 Å². The largest absolute Gasteiger partial charge is 0.306 e. The van der Waals surface area contributed by atoms with Crippen molar-refractivity contribution >= 4 is 39.4 Å². The van der Waals surface area contributed by atoms with Crippen molar-refractivity contribution in [3.8, 4) is 0 Å². The maximum atomic E-state index is 12.1. The summed E-state index contributed by atoms with van der Waals surface area (Å²) < 4.78 is 2.09. The van der Waals surface area contributed by atoms with Gasteiger partial charge < -0.3 is 4.98 Å². The van der Waals surface area contributed by atoms with Gasteiger partial charge in [0, 0.05) is 23.7 Å². The van der Waals surface area contributed by atoms with Crippen molar-refractivity contribution in [3.63, 3.8) is 0 Å². The maximum absolute atomic E-state index is 12.1. The number of rotatable bonds is 3. The summed E-state index contributed by atoms with van der Waals surface area (Å²) in [6.07, 6.45) is 11.4. The lowest BCUT2D eigenvalue weighted by atomic mass is 10.2. The molecule has 1 fully saturated rings. The number of imidazole rings is 1. The average Bonchev–Trinajstić information content (AvgIpc) is 3.23. The van der Waals surface area contributed by atoms with E-state index in [0.717, 1.165) is 16.3 Å². The molecule has 6 nitrogen and oxygen atoms in total. The number of hydrogen-bond acceptors (Lipinski definition) is 5. The first-order valence-corrected chi connectivity index (χ1v) is 8.65. The van der Waals surface area contributed by atoms with E-state index in [2.05, 4.69) is 19.4 Å². The van der Waals surface area contributed by atoms with Gasteiger partial charge in [0.05, 0.1) is 28.5 Å². The van der Waals surface area contributed by atoms with Crippen LogP contribution in [0.3, 0.4) is 0 Å². The highest BCUT2D eigenvalue weighted by Crippen LogP contribution is 2.42. The number of H-pyrrole nitrogens is 1. The second-order valence-corrected chi connectivity index (χ2v) is 6.76. The van der Waals surface area contributed by atoms with Crippen LogP contribution in [0.25, 0.3) is 28.0 Å². The lowest BCUT2D eigenvalue weighted by molar-refractivity contribution is 1.04. The molecule has 0 aliphatic heterocycles. The minimum atomic E-state index is -0.154. The zero-order valence-electron chi connectivity index (χ0n) is 12.6. The van der Waals surface area contributed by atoms with Crippen molar-refractivity contribution in [2.45, 2.75) is 18.8 Å². The summed E-state index contributed by atoms with van der Waals surface area (Å²) in [5, 5.41) is 2.57. The summed E-state index contributed by atoms with van der Waals surface area (Å²) in [5.74, 6) is 1.08. The van der Waals surface area contributed by atoms with Crippen LogP contribution in [0, 0.1) is 0 Å². The first-order valence-electron chi connectivity index (χ1n) is 7.77. The van der Waals surface area contributed by atoms with E-state index in [0.29, 0.717) is 22.6 Å². The molecule has 1 aliphatic carbocycles. The number of thiazole rings is 1. The molecule has 1 N–H and O–H groups in total. The summed E-state index contributed by atoms with van der Waals surface area (Å²) in [7, 11) is 0. The van der Waals surface area contributed by atoms with Crippen molar-refractivity contribution in [2.75, 3.05) is 0 Å². The molecular weight excluding hydrogens is 322 g/mol. The van der Waals surface area contributed by atoms with Gasteiger partial charge >= 0.3 is 0 Å². The number of hydrogen-bond donors (Lipinski definition) is 1. The van der Waals surface area contributed by atoms with Gasteiger partial charge in [-0.2, -0.15) is 0 Å². The van der Waals surface area contributed by atoms with Crippen molar-refractivity contribution in [1.82, 2.24) is 24.3 Å². The van der Waals surface area contributed by atoms with E-state index >= 15 is 0 Å². The van der Waals surface area contributed by atoms with E-state index in [1.165, 1.54) is 12.8 Å². The van der Waals surface area contributed by atoms with Gasteiger partial charge in [-0.1, -0.05) is 0 Å². The van der Waals surface area contributed by atoms with Crippen molar-refractivity contribution in [1.29, 1.82) is 0 Å². The number of nitrogens with one attached hydrogen (secondary N) is 1. The smallest absolute Gasteiger partial charge is 0.259 e. The van der Waals surface area contributed by atoms with Gasteiger partial charge in [-0.3, -0.25) is 14.2 Å². The highest BCUT2D eigenvalue weighted by molar-refractivity contribution is 7.15. The summed E-state index contributed by atoms with van der Waals surface area (Å²) >= 11 is 1.63. The molecule has 0 spiro atoms. The molecule has 24 heavy (non-hydrogen) atoms. The highest BCUT2D eigenvalue weighted by Gasteiger charge is 2.29. The van der Waals surface area contributed by atoms with Crippen molar-refractivity contribution in [3.05, 3.63) is 57.6 Å². The monoisotopic (exact) mass is 335 g/mol. The highest BCUT2D eigenvalue weighted by atomic mass is 32.1. The molecule has 0 unspecified atom stereocenters. The van der Waals surface area contributed by atoms with Crippen LogP contribution in [0.2, 0.25) is 0 Å². The molecule has 118 valence electrons. The fourth-order valence-electron chi connectivity index (χ4n) is 2.89. The Labute approximate surface area is 140 Å². The molecule has 7 heteroatoms. The normalized spacial score (nSPS) is 15.0. The van der Waals surface area contributed by atoms with Crippen LogP contribution in [0.1, 0.15) is 36.0 Å². The van der Waals surface area contributed by atoms with E-state index in [9.17, 15) is 4.79 Å². The Bertz CT molecular complexity index is 1150. The minimum Gasteiger partial charge on any atom is -0.306 e. The maximum Gasteiger partial charge on any atom is 0.259 e. The first-order chi connectivity index (χ1) is 11.8. The van der Waals surface area contributed by atoms with Gasteiger partial charge in [-0.25, -0.2) is 9.97 Å². The third kappa shape index (κ3) is 2.16. The van der Waals surface area contributed by atoms with Gasteiger partial charge in [0.25, 0.3) is 5.56 Å². The van der Waals surface area contributed by atoms with Crippen LogP contribution in [-0.4, -0.2) is 24.3 Å². The third-order valence-corrected chi connectivity index (χ3v) is 4.97. The Morgan fingerprint density at radius 1 is 1.29 bits per heavy atom. The van der Waals surface area contributed by atoms with Gasteiger partial charge in [0.15, 0.2) is 4.96 Å². The molecule has 4 heterocycles. The lowest BCUT2D eigenvalue weighted by Gasteiger charge is -1.99. The van der Waals surface area contributed by atoms with E-state index in [1.54, 1.807) is 29.8 Å². The van der Waals surface area contributed by atoms with Crippen molar-refractivity contribution in [2.24, 2.45) is 0 Å². The molecule has 0 atom stereocenters. The van der Waals surface area contributed by atoms with Crippen LogP contribution >= 0.6 is 11.3 Å². The number of aromatic nitrogens is 5. The van der Waals surface area contributed by atoms with E-state index in [-0.39, 0.29) is 5.56 Å². The van der Waals surface area contributed by atoms with E-state index in [4.69, 9.17) is 4.98 Å². The molecule has 5 rings (SSSR count). The van der Waals surface area contributed by atoms with Gasteiger partial charge in [-0.15, -0.1) is 11.3 Å². The van der Waals surface area contributed by atoms with Crippen LogP contribution in [0.4, 0.5) is 0 Å². The third-order valence-electron chi connectivity index (χ3n) is 4.22. The Morgan fingerprint density at radius 3 is 3.08 bits per heavy atom. The Hall–Kier alpha value is -2.80. The second kappa shape index (κ2) is 5.10. The summed E-state index contributed by atoms with van der Waals surface area (Å²) in [6, 6.07) is 1.67. The average molecular weight is 335 g/mol. The fourth-order valence-corrected chi connectivity index (χ4v) is 3.62. The molecule has 4 aromatic heterocycles. The topological polar surface area (TPSA) is 75.9 Å². The zero-order chi connectivity index (χ0) is 16.1. The molecule has 0 radical (unpaired) electrons. The van der Waals surface area contributed by atoms with Crippen LogP contribution in [0.15, 0.2) is 34.8 Å². The molecular formula is C17H13N5OS. The van der Waals surface area contributed by atoms with Crippen LogP contribution < -0.4 is 5.56 Å². The second-order valence-electron chi connectivity index (χ2n) is 5.89. The zero-order valence-corrected chi connectivity index (χ0v) is 13.5. The molecule has 0 bridgehead atoms. The molecule has 0 amide bonds. The standard InChI is InChI=1S/C17H13N5OS/c23-16-11-5-6-18-9-12(11)19-14(20-16)4-3-13-15(10-1-2-10)21-17-22(13)7-8-24-17/h3-10H,1-2H2,(H,19,20,23). The SMILES string of the molecule is O=c1[nH]c(C=Cc2c(C3CC3)nc3sccn23)nc2cnccc12. The Kier molecular flexibility index (Phi) is 2.90. The van der Waals surface area contributed by atoms with Gasteiger partial charge in [0.1, 0.15) is 5.82 Å². The first kappa shape index (κ1) is 13.6. The van der Waals surface area contributed by atoms with Crippen LogP contribution in [0.5, 0.6) is 0 Å². The van der Waals surface area contributed by atoms with Crippen molar-refractivity contribution < 1.29 is 0 Å². The van der Waals surface area contributed by atoms with E-state index in [1.807, 2.05) is 23.7 Å². The number of nitrogens with zero attached hydrogens (tertiary/aromatic N) is 4. The predicted octanol–water partition coefficient (Wildman–Crippen LogP) is 3.08. The number of aromatic amines is 1. The Balaban J connectivity index is 1.62. The molecule has 0 saturated heterocycles. The molecule has 1 saturated carbocycles. The fraction of sp³-hybridized carbons (Fsp3) is 0.176. The van der Waals surface area contributed by atoms with Gasteiger partial charge in [0.2, 0.25) is 0 Å². The summed E-state index contributed by atoms with van der Waals surface area (Å²) in [4.78, 5) is 29.2. The molecule has 4 aromatic rings.